The van der Waals surface area contributed by atoms with Crippen LogP contribution in [0, 0.1) is 6.92 Å². The normalized spacial score (nSPS) is 15.0. The molecule has 1 aliphatic heterocycles. The Morgan fingerprint density at radius 3 is 2.57 bits per heavy atom. The molecule has 1 amide bonds. The van der Waals surface area contributed by atoms with Gasteiger partial charge in [0.1, 0.15) is 0 Å². The predicted octanol–water partition coefficient (Wildman–Crippen LogP) is 3.53. The number of anilines is 1. The Labute approximate surface area is 164 Å². The fourth-order valence-corrected chi connectivity index (χ4v) is 3.51. The molecule has 4 rings (SSSR count). The molecule has 1 saturated carbocycles. The van der Waals surface area contributed by atoms with Crippen LogP contribution in [0.3, 0.4) is 0 Å². The van der Waals surface area contributed by atoms with E-state index in [1.54, 1.807) is 12.1 Å². The monoisotopic (exact) mass is 380 g/mol. The second-order valence-electron chi connectivity index (χ2n) is 7.48. The van der Waals surface area contributed by atoms with Crippen LogP contribution in [0.5, 0.6) is 11.5 Å². The maximum absolute atomic E-state index is 12.8. The average molecular weight is 380 g/mol. The third-order valence-electron chi connectivity index (χ3n) is 5.04. The molecule has 6 heteroatoms. The minimum atomic E-state index is -0.138. The maximum atomic E-state index is 12.8. The fraction of sp³-hybridized carbons (Fsp3) is 0.364. The number of hydrogen-bond donors (Lipinski definition) is 1. The van der Waals surface area contributed by atoms with Crippen LogP contribution in [0.2, 0.25) is 0 Å². The zero-order chi connectivity index (χ0) is 19.7. The summed E-state index contributed by atoms with van der Waals surface area (Å²) in [6.45, 7) is 4.68. The average Bonchev–Trinajstić information content (AvgIpc) is 3.39. The topological polar surface area (TPSA) is 67.9 Å². The van der Waals surface area contributed by atoms with E-state index in [0.29, 0.717) is 28.8 Å². The molecule has 0 radical (unpaired) electrons. The quantitative estimate of drug-likeness (QED) is 0.745. The van der Waals surface area contributed by atoms with E-state index in [1.165, 1.54) is 18.1 Å². The molecule has 28 heavy (non-hydrogen) atoms. The van der Waals surface area contributed by atoms with Gasteiger partial charge in [-0.3, -0.25) is 14.5 Å². The summed E-state index contributed by atoms with van der Waals surface area (Å²) in [6.07, 6.45) is 2.23. The standard InChI is InChI=1S/C22H24N2O4/c1-14-4-3-5-16(8-14)11-24(17-6-7-17)12-22(26)23-19-10-21-20(27-13-28-21)9-18(19)15(2)25/h3-5,8-10,17H,6-7,11-13H2,1-2H3,(H,23,26). The zero-order valence-electron chi connectivity index (χ0n) is 16.2. The van der Waals surface area contributed by atoms with Crippen molar-refractivity contribution < 1.29 is 19.1 Å². The molecule has 2 aromatic carbocycles. The Balaban J connectivity index is 1.48. The lowest BCUT2D eigenvalue weighted by atomic mass is 10.1. The molecular formula is C22H24N2O4. The van der Waals surface area contributed by atoms with E-state index >= 15 is 0 Å². The highest BCUT2D eigenvalue weighted by Crippen LogP contribution is 2.37. The van der Waals surface area contributed by atoms with E-state index in [9.17, 15) is 9.59 Å². The fourth-order valence-electron chi connectivity index (χ4n) is 3.51. The van der Waals surface area contributed by atoms with E-state index in [2.05, 4.69) is 35.3 Å². The van der Waals surface area contributed by atoms with E-state index < -0.39 is 0 Å². The highest BCUT2D eigenvalue weighted by molar-refractivity contribution is 6.05. The number of Topliss-reactive ketones (excluding diaryl/α,β-unsaturated/α-hetero) is 1. The smallest absolute Gasteiger partial charge is 0.238 e. The van der Waals surface area contributed by atoms with Gasteiger partial charge in [-0.15, -0.1) is 0 Å². The molecule has 0 unspecified atom stereocenters. The number of carbonyl (C=O) groups is 2. The summed E-state index contributed by atoms with van der Waals surface area (Å²) in [5, 5.41) is 2.89. The number of amides is 1. The minimum Gasteiger partial charge on any atom is -0.454 e. The van der Waals surface area contributed by atoms with Gasteiger partial charge in [-0.2, -0.15) is 0 Å². The lowest BCUT2D eigenvalue weighted by Crippen LogP contribution is -2.34. The van der Waals surface area contributed by atoms with Crippen LogP contribution in [-0.4, -0.2) is 36.0 Å². The Bertz CT molecular complexity index is 921. The first-order valence-corrected chi connectivity index (χ1v) is 9.53. The molecular weight excluding hydrogens is 356 g/mol. The van der Waals surface area contributed by atoms with Crippen molar-refractivity contribution in [2.75, 3.05) is 18.7 Å². The van der Waals surface area contributed by atoms with Gasteiger partial charge >= 0.3 is 0 Å². The Hall–Kier alpha value is -2.86. The molecule has 6 nitrogen and oxygen atoms in total. The van der Waals surface area contributed by atoms with Crippen molar-refractivity contribution in [3.05, 3.63) is 53.1 Å². The molecule has 0 spiro atoms. The number of benzene rings is 2. The number of nitrogens with zero attached hydrogens (tertiary/aromatic N) is 1. The molecule has 1 heterocycles. The first kappa shape index (κ1) is 18.5. The van der Waals surface area contributed by atoms with Crippen molar-refractivity contribution in [1.29, 1.82) is 0 Å². The van der Waals surface area contributed by atoms with Gasteiger partial charge in [-0.25, -0.2) is 0 Å². The molecule has 146 valence electrons. The number of aryl methyl sites for hydroxylation is 1. The van der Waals surface area contributed by atoms with Gasteiger partial charge in [0.15, 0.2) is 17.3 Å². The lowest BCUT2D eigenvalue weighted by molar-refractivity contribution is -0.117. The summed E-state index contributed by atoms with van der Waals surface area (Å²) in [6, 6.07) is 12.1. The predicted molar refractivity (Wildman–Crippen MR) is 106 cm³/mol. The second kappa shape index (κ2) is 7.64. The van der Waals surface area contributed by atoms with Gasteiger partial charge in [0.05, 0.1) is 12.2 Å². The van der Waals surface area contributed by atoms with Gasteiger partial charge < -0.3 is 14.8 Å². The number of fused-ring (bicyclic) bond motifs is 1. The zero-order valence-corrected chi connectivity index (χ0v) is 16.2. The Kier molecular flexibility index (Phi) is 5.05. The summed E-state index contributed by atoms with van der Waals surface area (Å²) in [5.74, 6) is 0.801. The molecule has 2 aliphatic rings. The molecule has 0 aromatic heterocycles. The molecule has 0 bridgehead atoms. The third kappa shape index (κ3) is 4.17. The third-order valence-corrected chi connectivity index (χ3v) is 5.04. The summed E-state index contributed by atoms with van der Waals surface area (Å²) in [4.78, 5) is 27.0. The van der Waals surface area contributed by atoms with Crippen molar-refractivity contribution in [2.24, 2.45) is 0 Å². The van der Waals surface area contributed by atoms with Crippen molar-refractivity contribution in [1.82, 2.24) is 4.90 Å². The number of ketones is 1. The van der Waals surface area contributed by atoms with Gasteiger partial charge in [0, 0.05) is 24.2 Å². The van der Waals surface area contributed by atoms with Crippen LogP contribution in [0.1, 0.15) is 41.3 Å². The highest BCUT2D eigenvalue weighted by Gasteiger charge is 2.30. The van der Waals surface area contributed by atoms with E-state index in [-0.39, 0.29) is 25.0 Å². The molecule has 1 aliphatic carbocycles. The van der Waals surface area contributed by atoms with E-state index in [0.717, 1.165) is 19.4 Å². The number of hydrogen-bond acceptors (Lipinski definition) is 5. The summed E-state index contributed by atoms with van der Waals surface area (Å²) < 4.78 is 10.7. The molecule has 0 saturated heterocycles. The van der Waals surface area contributed by atoms with Crippen LogP contribution < -0.4 is 14.8 Å². The second-order valence-corrected chi connectivity index (χ2v) is 7.48. The van der Waals surface area contributed by atoms with Crippen LogP contribution in [0.15, 0.2) is 36.4 Å². The molecule has 2 aromatic rings. The van der Waals surface area contributed by atoms with Gasteiger partial charge in [-0.05, 0) is 38.3 Å². The van der Waals surface area contributed by atoms with Crippen molar-refractivity contribution in [3.63, 3.8) is 0 Å². The molecule has 1 fully saturated rings. The van der Waals surface area contributed by atoms with Crippen LogP contribution in [0.4, 0.5) is 5.69 Å². The number of carbonyl (C=O) groups excluding carboxylic acids is 2. The van der Waals surface area contributed by atoms with Gasteiger partial charge in [0.25, 0.3) is 0 Å². The first-order valence-electron chi connectivity index (χ1n) is 9.53. The van der Waals surface area contributed by atoms with Crippen LogP contribution >= 0.6 is 0 Å². The number of ether oxygens (including phenoxy) is 2. The molecule has 0 atom stereocenters. The number of nitrogens with one attached hydrogen (secondary N) is 1. The van der Waals surface area contributed by atoms with E-state index in [1.807, 2.05) is 6.07 Å². The maximum Gasteiger partial charge on any atom is 0.238 e. The largest absolute Gasteiger partial charge is 0.454 e. The van der Waals surface area contributed by atoms with Crippen LogP contribution in [-0.2, 0) is 11.3 Å². The SMILES string of the molecule is CC(=O)c1cc2c(cc1NC(=O)CN(Cc1cccc(C)c1)C1CC1)OCO2. The van der Waals surface area contributed by atoms with Gasteiger partial charge in [0.2, 0.25) is 12.7 Å². The summed E-state index contributed by atoms with van der Waals surface area (Å²) in [5.41, 5.74) is 3.30. The Morgan fingerprint density at radius 2 is 1.89 bits per heavy atom. The first-order chi connectivity index (χ1) is 13.5. The lowest BCUT2D eigenvalue weighted by Gasteiger charge is -2.22. The van der Waals surface area contributed by atoms with Crippen molar-refractivity contribution in [3.8, 4) is 11.5 Å². The van der Waals surface area contributed by atoms with E-state index in [4.69, 9.17) is 9.47 Å². The number of rotatable bonds is 7. The summed E-state index contributed by atoms with van der Waals surface area (Å²) in [7, 11) is 0. The minimum absolute atomic E-state index is 0.121. The summed E-state index contributed by atoms with van der Waals surface area (Å²) >= 11 is 0. The van der Waals surface area contributed by atoms with Crippen molar-refractivity contribution >= 4 is 17.4 Å². The molecule has 1 N–H and O–H groups in total. The van der Waals surface area contributed by atoms with Crippen LogP contribution in [0.25, 0.3) is 0 Å². The van der Waals surface area contributed by atoms with Crippen molar-refractivity contribution in [2.45, 2.75) is 39.3 Å². The van der Waals surface area contributed by atoms with Gasteiger partial charge in [-0.1, -0.05) is 29.8 Å². The highest BCUT2D eigenvalue weighted by atomic mass is 16.7. The Morgan fingerprint density at radius 1 is 1.14 bits per heavy atom.